The highest BCUT2D eigenvalue weighted by molar-refractivity contribution is 5.85. The van der Waals surface area contributed by atoms with Gasteiger partial charge in [0, 0.05) is 29.8 Å². The minimum absolute atomic E-state index is 0.0522. The van der Waals surface area contributed by atoms with Crippen LogP contribution in [0.3, 0.4) is 0 Å². The number of hydrogen-bond acceptors (Lipinski definition) is 3. The van der Waals surface area contributed by atoms with Crippen molar-refractivity contribution in [2.24, 2.45) is 5.92 Å². The van der Waals surface area contributed by atoms with Gasteiger partial charge in [-0.3, -0.25) is 0 Å². The van der Waals surface area contributed by atoms with Crippen LogP contribution in [0, 0.1) is 5.92 Å². The van der Waals surface area contributed by atoms with Crippen molar-refractivity contribution < 1.29 is 9.47 Å². The predicted octanol–water partition coefficient (Wildman–Crippen LogP) is 6.86. The van der Waals surface area contributed by atoms with Crippen molar-refractivity contribution in [2.45, 2.75) is 25.4 Å². The van der Waals surface area contributed by atoms with Crippen molar-refractivity contribution in [3.8, 4) is 33.8 Å². The Balaban J connectivity index is 1.60. The molecule has 0 saturated heterocycles. The second kappa shape index (κ2) is 7.91. The first-order chi connectivity index (χ1) is 14.8. The van der Waals surface area contributed by atoms with Gasteiger partial charge in [0.2, 0.25) is 0 Å². The number of anilines is 1. The Morgan fingerprint density at radius 2 is 1.93 bits per heavy atom. The maximum atomic E-state index is 6.38. The van der Waals surface area contributed by atoms with E-state index in [1.54, 1.807) is 7.11 Å². The standard InChI is InChI=1S/C27H27NO2/c1-3-7-24-22-16-19(20-8-4-5-9-23(20)28-17-18-12-13-18)14-15-21(22)27-25(29-2)10-6-11-26(27)30-24/h3-6,8-11,14-16,18,24,28H,1,7,12-13,17H2,2H3. The maximum Gasteiger partial charge on any atom is 0.131 e. The van der Waals surface area contributed by atoms with E-state index in [2.05, 4.69) is 54.4 Å². The molecule has 1 saturated carbocycles. The van der Waals surface area contributed by atoms with Gasteiger partial charge in [-0.25, -0.2) is 0 Å². The lowest BCUT2D eigenvalue weighted by Crippen LogP contribution is -2.14. The maximum absolute atomic E-state index is 6.38. The number of hydrogen-bond donors (Lipinski definition) is 1. The van der Waals surface area contributed by atoms with Crippen molar-refractivity contribution in [3.63, 3.8) is 0 Å². The molecule has 3 heteroatoms. The second-order valence-corrected chi connectivity index (χ2v) is 8.14. The summed E-state index contributed by atoms with van der Waals surface area (Å²) in [5.41, 5.74) is 7.00. The quantitative estimate of drug-likeness (QED) is 0.442. The van der Waals surface area contributed by atoms with Gasteiger partial charge < -0.3 is 14.8 Å². The van der Waals surface area contributed by atoms with Crippen molar-refractivity contribution in [1.82, 2.24) is 0 Å². The van der Waals surface area contributed by atoms with E-state index in [0.717, 1.165) is 35.9 Å². The van der Waals surface area contributed by atoms with Crippen LogP contribution in [0.2, 0.25) is 0 Å². The van der Waals surface area contributed by atoms with Gasteiger partial charge >= 0.3 is 0 Å². The summed E-state index contributed by atoms with van der Waals surface area (Å²) in [6.45, 7) is 4.99. The minimum atomic E-state index is -0.0522. The van der Waals surface area contributed by atoms with Gasteiger partial charge in [0.05, 0.1) is 12.7 Å². The molecule has 0 aromatic heterocycles. The summed E-state index contributed by atoms with van der Waals surface area (Å²) in [7, 11) is 1.71. The largest absolute Gasteiger partial charge is 0.496 e. The van der Waals surface area contributed by atoms with E-state index in [4.69, 9.17) is 9.47 Å². The Labute approximate surface area is 178 Å². The van der Waals surface area contributed by atoms with Gasteiger partial charge in [-0.1, -0.05) is 42.5 Å². The number of para-hydroxylation sites is 1. The Morgan fingerprint density at radius 3 is 2.73 bits per heavy atom. The van der Waals surface area contributed by atoms with Crippen LogP contribution < -0.4 is 14.8 Å². The molecule has 30 heavy (non-hydrogen) atoms. The summed E-state index contributed by atoms with van der Waals surface area (Å²) in [5, 5.41) is 3.66. The van der Waals surface area contributed by atoms with Gasteiger partial charge in [-0.05, 0) is 54.2 Å². The molecule has 1 N–H and O–H groups in total. The molecule has 3 aromatic carbocycles. The molecule has 3 aromatic rings. The minimum Gasteiger partial charge on any atom is -0.496 e. The fourth-order valence-electron chi connectivity index (χ4n) is 4.28. The van der Waals surface area contributed by atoms with E-state index in [1.807, 2.05) is 24.3 Å². The topological polar surface area (TPSA) is 30.5 Å². The summed E-state index contributed by atoms with van der Waals surface area (Å²) in [6.07, 6.45) is 5.32. The lowest BCUT2D eigenvalue weighted by atomic mass is 9.88. The van der Waals surface area contributed by atoms with Gasteiger partial charge in [-0.15, -0.1) is 6.58 Å². The number of rotatable bonds is 7. The molecule has 1 unspecified atom stereocenters. The van der Waals surface area contributed by atoms with Crippen LogP contribution in [0.15, 0.2) is 73.3 Å². The van der Waals surface area contributed by atoms with Gasteiger partial charge in [0.1, 0.15) is 17.6 Å². The molecule has 0 radical (unpaired) electrons. The van der Waals surface area contributed by atoms with Gasteiger partial charge in [-0.2, -0.15) is 0 Å². The number of nitrogens with one attached hydrogen (secondary N) is 1. The highest BCUT2D eigenvalue weighted by Crippen LogP contribution is 2.49. The molecule has 3 nitrogen and oxygen atoms in total. The van der Waals surface area contributed by atoms with E-state index in [1.165, 1.54) is 40.8 Å². The fourth-order valence-corrected chi connectivity index (χ4v) is 4.28. The number of benzene rings is 3. The number of fused-ring (bicyclic) bond motifs is 3. The van der Waals surface area contributed by atoms with E-state index < -0.39 is 0 Å². The zero-order valence-electron chi connectivity index (χ0n) is 17.4. The SMILES string of the molecule is C=CCC1Oc2cccc(OC)c2-c2ccc(-c3ccccc3NCC3CC3)cc21. The highest BCUT2D eigenvalue weighted by Gasteiger charge is 2.28. The Morgan fingerprint density at radius 1 is 1.07 bits per heavy atom. The van der Waals surface area contributed by atoms with Crippen LogP contribution in [0.5, 0.6) is 11.5 Å². The van der Waals surface area contributed by atoms with Crippen LogP contribution in [0.4, 0.5) is 5.69 Å². The van der Waals surface area contributed by atoms with Crippen LogP contribution in [0.1, 0.15) is 30.9 Å². The molecule has 5 rings (SSSR count). The van der Waals surface area contributed by atoms with Crippen LogP contribution >= 0.6 is 0 Å². The lowest BCUT2D eigenvalue weighted by molar-refractivity contribution is 0.205. The van der Waals surface area contributed by atoms with Crippen LogP contribution in [-0.4, -0.2) is 13.7 Å². The predicted molar refractivity (Wildman–Crippen MR) is 123 cm³/mol. The monoisotopic (exact) mass is 397 g/mol. The first kappa shape index (κ1) is 18.8. The molecule has 0 spiro atoms. The first-order valence-corrected chi connectivity index (χ1v) is 10.7. The van der Waals surface area contributed by atoms with E-state index >= 15 is 0 Å². The Hall–Kier alpha value is -3.20. The molecule has 0 bridgehead atoms. The summed E-state index contributed by atoms with van der Waals surface area (Å²) < 4.78 is 12.0. The van der Waals surface area contributed by atoms with Crippen LogP contribution in [0.25, 0.3) is 22.3 Å². The Kier molecular flexibility index (Phi) is 4.96. The highest BCUT2D eigenvalue weighted by atomic mass is 16.5. The smallest absolute Gasteiger partial charge is 0.131 e. The molecule has 2 aliphatic rings. The zero-order chi connectivity index (χ0) is 20.5. The van der Waals surface area contributed by atoms with E-state index in [0.29, 0.717) is 0 Å². The normalized spacial score (nSPS) is 16.8. The molecular formula is C27H27NO2. The van der Waals surface area contributed by atoms with Gasteiger partial charge in [0.15, 0.2) is 0 Å². The molecule has 1 aliphatic heterocycles. The summed E-state index contributed by atoms with van der Waals surface area (Å²) >= 11 is 0. The van der Waals surface area contributed by atoms with Crippen molar-refractivity contribution >= 4 is 5.69 Å². The van der Waals surface area contributed by atoms with Crippen LogP contribution in [-0.2, 0) is 0 Å². The van der Waals surface area contributed by atoms with Gasteiger partial charge in [0.25, 0.3) is 0 Å². The third-order valence-electron chi connectivity index (χ3n) is 6.04. The number of methoxy groups -OCH3 is 1. The zero-order valence-corrected chi connectivity index (χ0v) is 17.4. The summed E-state index contributed by atoms with van der Waals surface area (Å²) in [6, 6.07) is 21.2. The molecule has 1 fully saturated rings. The summed E-state index contributed by atoms with van der Waals surface area (Å²) in [4.78, 5) is 0. The first-order valence-electron chi connectivity index (χ1n) is 10.7. The van der Waals surface area contributed by atoms with Crippen molar-refractivity contribution in [1.29, 1.82) is 0 Å². The number of ether oxygens (including phenoxy) is 2. The fraction of sp³-hybridized carbons (Fsp3) is 0.259. The molecule has 152 valence electrons. The molecule has 1 atom stereocenters. The average molecular weight is 398 g/mol. The van der Waals surface area contributed by atoms with Crippen molar-refractivity contribution in [3.05, 3.63) is 78.9 Å². The Bertz CT molecular complexity index is 1080. The van der Waals surface area contributed by atoms with E-state index in [-0.39, 0.29) is 6.10 Å². The van der Waals surface area contributed by atoms with E-state index in [9.17, 15) is 0 Å². The second-order valence-electron chi connectivity index (χ2n) is 8.14. The lowest BCUT2D eigenvalue weighted by Gasteiger charge is -2.30. The molecule has 1 aliphatic carbocycles. The van der Waals surface area contributed by atoms with Crippen molar-refractivity contribution in [2.75, 3.05) is 19.0 Å². The molecule has 1 heterocycles. The molecular weight excluding hydrogens is 370 g/mol. The average Bonchev–Trinajstić information content (AvgIpc) is 3.62. The third-order valence-corrected chi connectivity index (χ3v) is 6.04. The molecule has 0 amide bonds. The third kappa shape index (κ3) is 3.45. The summed E-state index contributed by atoms with van der Waals surface area (Å²) in [5.74, 6) is 2.54.